The predicted octanol–water partition coefficient (Wildman–Crippen LogP) is 2.06. The molecular formula is C12H11NO2. The third-order valence-electron chi connectivity index (χ3n) is 2.77. The van der Waals surface area contributed by atoms with Gasteiger partial charge in [0.05, 0.1) is 6.61 Å². The number of rotatable bonds is 2. The minimum Gasteiger partial charge on any atom is -0.364 e. The second kappa shape index (κ2) is 2.94. The van der Waals surface area contributed by atoms with E-state index in [-0.39, 0.29) is 11.9 Å². The van der Waals surface area contributed by atoms with Gasteiger partial charge in [-0.3, -0.25) is 4.79 Å². The lowest BCUT2D eigenvalue weighted by atomic mass is 10.1. The van der Waals surface area contributed by atoms with Crippen LogP contribution >= 0.6 is 0 Å². The molecule has 2 heterocycles. The Labute approximate surface area is 87.1 Å². The first-order valence-electron chi connectivity index (χ1n) is 5.00. The number of benzene rings is 1. The van der Waals surface area contributed by atoms with Gasteiger partial charge in [-0.1, -0.05) is 18.2 Å². The largest absolute Gasteiger partial charge is 0.364 e. The van der Waals surface area contributed by atoms with Gasteiger partial charge in [0.15, 0.2) is 5.78 Å². The zero-order valence-corrected chi connectivity index (χ0v) is 8.41. The molecule has 1 N–H and O–H groups in total. The Balaban J connectivity index is 2.23. The first-order valence-corrected chi connectivity index (χ1v) is 5.00. The summed E-state index contributed by atoms with van der Waals surface area (Å²) in [6.07, 6.45) is -0.206. The number of ether oxygens (including phenoxy) is 1. The average molecular weight is 201 g/mol. The van der Waals surface area contributed by atoms with Crippen molar-refractivity contribution in [3.8, 4) is 0 Å². The summed E-state index contributed by atoms with van der Waals surface area (Å²) in [5.41, 5.74) is 2.73. The first-order chi connectivity index (χ1) is 7.27. The number of Topliss-reactive ketones (excluding diaryl/α,β-unsaturated/α-hetero) is 1. The summed E-state index contributed by atoms with van der Waals surface area (Å²) < 4.78 is 5.03. The topological polar surface area (TPSA) is 45.4 Å². The van der Waals surface area contributed by atoms with Crippen LogP contribution in [0.4, 0.5) is 0 Å². The molecule has 0 amide bonds. The highest BCUT2D eigenvalue weighted by Crippen LogP contribution is 2.26. The Morgan fingerprint density at radius 3 is 2.93 bits per heavy atom. The van der Waals surface area contributed by atoms with E-state index in [1.165, 1.54) is 0 Å². The van der Waals surface area contributed by atoms with Crippen LogP contribution in [0.3, 0.4) is 0 Å². The maximum absolute atomic E-state index is 12.0. The third-order valence-corrected chi connectivity index (χ3v) is 2.77. The van der Waals surface area contributed by atoms with Gasteiger partial charge in [0.1, 0.15) is 6.10 Å². The van der Waals surface area contributed by atoms with Crippen molar-refractivity contribution >= 4 is 16.7 Å². The fraction of sp³-hybridized carbons (Fsp3) is 0.250. The molecule has 0 aliphatic carbocycles. The number of para-hydroxylation sites is 1. The second-order valence-electron chi connectivity index (χ2n) is 3.86. The van der Waals surface area contributed by atoms with Gasteiger partial charge in [0.2, 0.25) is 0 Å². The van der Waals surface area contributed by atoms with E-state index in [4.69, 9.17) is 4.74 Å². The second-order valence-corrected chi connectivity index (χ2v) is 3.86. The molecule has 15 heavy (non-hydrogen) atoms. The van der Waals surface area contributed by atoms with Crippen LogP contribution in [0.1, 0.15) is 16.1 Å². The van der Waals surface area contributed by atoms with Gasteiger partial charge in [-0.15, -0.1) is 0 Å². The van der Waals surface area contributed by atoms with Crippen LogP contribution in [0.2, 0.25) is 0 Å². The summed E-state index contributed by atoms with van der Waals surface area (Å²) in [7, 11) is 0. The van der Waals surface area contributed by atoms with Crippen LogP contribution < -0.4 is 0 Å². The van der Waals surface area contributed by atoms with E-state index in [2.05, 4.69) is 4.98 Å². The van der Waals surface area contributed by atoms with Gasteiger partial charge in [0, 0.05) is 22.2 Å². The lowest BCUT2D eigenvalue weighted by Crippen LogP contribution is -2.07. The number of fused-ring (bicyclic) bond motifs is 1. The summed E-state index contributed by atoms with van der Waals surface area (Å²) in [6, 6.07) is 7.85. The molecule has 0 spiro atoms. The number of aromatic nitrogens is 1. The zero-order chi connectivity index (χ0) is 10.4. The van der Waals surface area contributed by atoms with Crippen LogP contribution in [-0.2, 0) is 4.74 Å². The Hall–Kier alpha value is -1.61. The number of ketones is 1. The number of hydrogen-bond acceptors (Lipinski definition) is 2. The molecule has 1 aliphatic rings. The van der Waals surface area contributed by atoms with Gasteiger partial charge < -0.3 is 9.72 Å². The number of epoxide rings is 1. The first kappa shape index (κ1) is 8.68. The van der Waals surface area contributed by atoms with E-state index >= 15 is 0 Å². The lowest BCUT2D eigenvalue weighted by Gasteiger charge is -1.96. The number of nitrogens with one attached hydrogen (secondary N) is 1. The van der Waals surface area contributed by atoms with E-state index in [9.17, 15) is 4.79 Å². The van der Waals surface area contributed by atoms with Crippen molar-refractivity contribution < 1.29 is 9.53 Å². The minimum absolute atomic E-state index is 0.102. The SMILES string of the molecule is Cc1[nH]c2ccccc2c1C(=O)C1CO1. The number of H-pyrrole nitrogens is 1. The van der Waals surface area contributed by atoms with Crippen LogP contribution in [0.15, 0.2) is 24.3 Å². The number of hydrogen-bond donors (Lipinski definition) is 1. The van der Waals surface area contributed by atoms with Crippen molar-refractivity contribution in [2.45, 2.75) is 13.0 Å². The van der Waals surface area contributed by atoms with E-state index in [1.807, 2.05) is 31.2 Å². The fourth-order valence-corrected chi connectivity index (χ4v) is 1.95. The number of aromatic amines is 1. The number of aryl methyl sites for hydroxylation is 1. The summed E-state index contributed by atoms with van der Waals surface area (Å²) in [5, 5.41) is 0.996. The molecule has 0 saturated carbocycles. The molecule has 3 heteroatoms. The number of carbonyl (C=O) groups excluding carboxylic acids is 1. The number of carbonyl (C=O) groups is 1. The van der Waals surface area contributed by atoms with Gasteiger partial charge >= 0.3 is 0 Å². The van der Waals surface area contributed by atoms with Gasteiger partial charge in [-0.2, -0.15) is 0 Å². The molecule has 1 aliphatic heterocycles. The molecule has 2 aromatic rings. The third kappa shape index (κ3) is 1.27. The maximum atomic E-state index is 12.0. The van der Waals surface area contributed by atoms with Gasteiger partial charge in [0.25, 0.3) is 0 Å². The van der Waals surface area contributed by atoms with Crippen LogP contribution in [0.5, 0.6) is 0 Å². The molecule has 76 valence electrons. The fourth-order valence-electron chi connectivity index (χ4n) is 1.95. The van der Waals surface area contributed by atoms with E-state index in [0.717, 1.165) is 22.2 Å². The van der Waals surface area contributed by atoms with Crippen molar-refractivity contribution in [3.63, 3.8) is 0 Å². The molecule has 3 rings (SSSR count). The standard InChI is InChI=1S/C12H11NO2/c1-7-11(12(14)10-6-15-10)8-4-2-3-5-9(8)13-7/h2-5,10,13H,6H2,1H3. The summed E-state index contributed by atoms with van der Waals surface area (Å²) in [6.45, 7) is 2.49. The highest BCUT2D eigenvalue weighted by atomic mass is 16.6. The van der Waals surface area contributed by atoms with Gasteiger partial charge in [-0.05, 0) is 13.0 Å². The molecule has 1 fully saturated rings. The van der Waals surface area contributed by atoms with E-state index in [0.29, 0.717) is 6.61 Å². The highest BCUT2D eigenvalue weighted by molar-refractivity contribution is 6.11. The Morgan fingerprint density at radius 1 is 1.47 bits per heavy atom. The highest BCUT2D eigenvalue weighted by Gasteiger charge is 2.34. The van der Waals surface area contributed by atoms with Crippen molar-refractivity contribution in [3.05, 3.63) is 35.5 Å². The van der Waals surface area contributed by atoms with Crippen LogP contribution in [-0.4, -0.2) is 23.5 Å². The van der Waals surface area contributed by atoms with E-state index < -0.39 is 0 Å². The normalized spacial score (nSPS) is 19.4. The molecule has 0 bridgehead atoms. The molecule has 3 nitrogen and oxygen atoms in total. The van der Waals surface area contributed by atoms with Crippen LogP contribution in [0.25, 0.3) is 10.9 Å². The molecular weight excluding hydrogens is 190 g/mol. The molecule has 1 unspecified atom stereocenters. The molecule has 0 radical (unpaired) electrons. The Bertz CT molecular complexity index is 538. The van der Waals surface area contributed by atoms with Gasteiger partial charge in [-0.25, -0.2) is 0 Å². The summed E-state index contributed by atoms with van der Waals surface area (Å²) in [4.78, 5) is 15.2. The van der Waals surface area contributed by atoms with Crippen molar-refractivity contribution in [2.75, 3.05) is 6.61 Å². The molecule has 1 aromatic heterocycles. The monoisotopic (exact) mass is 201 g/mol. The molecule has 1 aromatic carbocycles. The van der Waals surface area contributed by atoms with Crippen molar-refractivity contribution in [1.82, 2.24) is 4.98 Å². The quantitative estimate of drug-likeness (QED) is 0.597. The molecule has 1 saturated heterocycles. The van der Waals surface area contributed by atoms with E-state index in [1.54, 1.807) is 0 Å². The van der Waals surface area contributed by atoms with Crippen molar-refractivity contribution in [2.24, 2.45) is 0 Å². The maximum Gasteiger partial charge on any atom is 0.196 e. The zero-order valence-electron chi connectivity index (χ0n) is 8.41. The van der Waals surface area contributed by atoms with Crippen molar-refractivity contribution in [1.29, 1.82) is 0 Å². The smallest absolute Gasteiger partial charge is 0.196 e. The minimum atomic E-state index is -0.206. The Morgan fingerprint density at radius 2 is 2.20 bits per heavy atom. The summed E-state index contributed by atoms with van der Waals surface area (Å²) in [5.74, 6) is 0.102. The summed E-state index contributed by atoms with van der Waals surface area (Å²) >= 11 is 0. The Kier molecular flexibility index (Phi) is 1.70. The molecule has 1 atom stereocenters. The predicted molar refractivity (Wildman–Crippen MR) is 57.1 cm³/mol. The van der Waals surface area contributed by atoms with Crippen LogP contribution in [0, 0.1) is 6.92 Å². The average Bonchev–Trinajstić information content (AvgIpc) is 3.00. The lowest BCUT2D eigenvalue weighted by molar-refractivity contribution is 0.0955.